The van der Waals surface area contributed by atoms with Crippen LogP contribution in [0.25, 0.3) is 0 Å². The van der Waals surface area contributed by atoms with Gasteiger partial charge in [-0.05, 0) is 44.0 Å². The quantitative estimate of drug-likeness (QED) is 0.514. The molecule has 0 unspecified atom stereocenters. The van der Waals surface area contributed by atoms with Gasteiger partial charge in [0.05, 0.1) is 6.20 Å². The van der Waals surface area contributed by atoms with E-state index in [1.807, 2.05) is 13.1 Å². The third-order valence-electron chi connectivity index (χ3n) is 2.66. The monoisotopic (exact) mass is 254 g/mol. The maximum absolute atomic E-state index is 5.17. The average molecular weight is 254 g/mol. The van der Waals surface area contributed by atoms with E-state index in [1.54, 1.807) is 0 Å². The van der Waals surface area contributed by atoms with Crippen molar-refractivity contribution >= 4 is 17.3 Å². The van der Waals surface area contributed by atoms with E-state index in [-0.39, 0.29) is 0 Å². The van der Waals surface area contributed by atoms with Crippen molar-refractivity contribution in [2.24, 2.45) is 0 Å². The van der Waals surface area contributed by atoms with Crippen molar-refractivity contribution in [1.82, 2.24) is 20.8 Å². The van der Waals surface area contributed by atoms with E-state index in [9.17, 15) is 0 Å². The first-order valence-electron chi connectivity index (χ1n) is 6.24. The van der Waals surface area contributed by atoms with Gasteiger partial charge in [-0.3, -0.25) is 5.10 Å². The van der Waals surface area contributed by atoms with Crippen molar-refractivity contribution in [3.63, 3.8) is 0 Å². The van der Waals surface area contributed by atoms with Gasteiger partial charge in [0.15, 0.2) is 5.11 Å². The fourth-order valence-corrected chi connectivity index (χ4v) is 1.75. The molecule has 17 heavy (non-hydrogen) atoms. The highest BCUT2D eigenvalue weighted by atomic mass is 32.1. The van der Waals surface area contributed by atoms with Crippen molar-refractivity contribution in [1.29, 1.82) is 0 Å². The summed E-state index contributed by atoms with van der Waals surface area (Å²) in [6, 6.07) is 0. The van der Waals surface area contributed by atoms with E-state index >= 15 is 0 Å². The van der Waals surface area contributed by atoms with Crippen LogP contribution in [0, 0.1) is 6.92 Å². The highest BCUT2D eigenvalue weighted by molar-refractivity contribution is 7.80. The smallest absolute Gasteiger partial charge is 0.166 e. The molecular weight excluding hydrogens is 232 g/mol. The predicted octanol–water partition coefficient (Wildman–Crippen LogP) is 1.91. The maximum Gasteiger partial charge on any atom is 0.166 e. The number of nitrogens with zero attached hydrogens (tertiary/aromatic N) is 1. The molecule has 0 fully saturated rings. The van der Waals surface area contributed by atoms with E-state index in [4.69, 9.17) is 12.2 Å². The molecule has 0 aromatic carbocycles. The summed E-state index contributed by atoms with van der Waals surface area (Å²) < 4.78 is 0. The van der Waals surface area contributed by atoms with Crippen molar-refractivity contribution in [2.75, 3.05) is 13.1 Å². The van der Waals surface area contributed by atoms with Gasteiger partial charge in [0.1, 0.15) is 0 Å². The molecule has 0 atom stereocenters. The van der Waals surface area contributed by atoms with Crippen LogP contribution in [0.2, 0.25) is 0 Å². The zero-order chi connectivity index (χ0) is 12.5. The molecule has 0 radical (unpaired) electrons. The number of unbranched alkanes of at least 4 members (excludes halogenated alkanes) is 1. The summed E-state index contributed by atoms with van der Waals surface area (Å²) >= 11 is 5.17. The number of thiocarbonyl (C=S) groups is 1. The van der Waals surface area contributed by atoms with Gasteiger partial charge in [-0.15, -0.1) is 0 Å². The molecule has 1 rings (SSSR count). The Kier molecular flexibility index (Phi) is 6.62. The minimum atomic E-state index is 0.766. The molecule has 5 heteroatoms. The molecular formula is C12H22N4S. The van der Waals surface area contributed by atoms with E-state index in [0.29, 0.717) is 0 Å². The molecule has 0 aliphatic carbocycles. The van der Waals surface area contributed by atoms with Crippen LogP contribution in [0.3, 0.4) is 0 Å². The topological polar surface area (TPSA) is 52.7 Å². The third-order valence-corrected chi connectivity index (χ3v) is 2.95. The van der Waals surface area contributed by atoms with Gasteiger partial charge >= 0.3 is 0 Å². The van der Waals surface area contributed by atoms with Crippen molar-refractivity contribution < 1.29 is 0 Å². The Morgan fingerprint density at radius 3 is 2.65 bits per heavy atom. The summed E-state index contributed by atoms with van der Waals surface area (Å²) in [7, 11) is 0. The first-order valence-corrected chi connectivity index (χ1v) is 6.65. The standard InChI is InChI=1S/C12H22N4S/c1-3-4-7-13-12(17)14-8-5-6-11-9-15-16-10(11)2/h9H,3-8H2,1-2H3,(H,15,16)(H2,13,14,17). The Labute approximate surface area is 109 Å². The predicted molar refractivity (Wildman–Crippen MR) is 75.2 cm³/mol. The second kappa shape index (κ2) is 8.06. The molecule has 1 aromatic heterocycles. The summed E-state index contributed by atoms with van der Waals surface area (Å²) in [4.78, 5) is 0. The number of aromatic amines is 1. The van der Waals surface area contributed by atoms with Crippen molar-refractivity contribution in [3.8, 4) is 0 Å². The lowest BCUT2D eigenvalue weighted by atomic mass is 10.1. The summed E-state index contributed by atoms with van der Waals surface area (Å²) in [5.41, 5.74) is 2.45. The molecule has 4 nitrogen and oxygen atoms in total. The molecule has 3 N–H and O–H groups in total. The molecule has 0 spiro atoms. The molecule has 96 valence electrons. The van der Waals surface area contributed by atoms with E-state index in [2.05, 4.69) is 27.8 Å². The Balaban J connectivity index is 2.04. The number of aromatic nitrogens is 2. The van der Waals surface area contributed by atoms with Crippen LogP contribution in [0.15, 0.2) is 6.20 Å². The highest BCUT2D eigenvalue weighted by Crippen LogP contribution is 2.04. The van der Waals surface area contributed by atoms with Gasteiger partial charge in [0, 0.05) is 18.8 Å². The number of H-pyrrole nitrogens is 1. The molecule has 0 aliphatic heterocycles. The van der Waals surface area contributed by atoms with Crippen LogP contribution in [0.1, 0.15) is 37.4 Å². The molecule has 0 aliphatic rings. The Hall–Kier alpha value is -1.10. The molecule has 0 bridgehead atoms. The summed E-state index contributed by atoms with van der Waals surface area (Å²) in [6.45, 7) is 6.09. The van der Waals surface area contributed by atoms with Crippen LogP contribution < -0.4 is 10.6 Å². The normalized spacial score (nSPS) is 10.2. The second-order valence-corrected chi connectivity index (χ2v) is 4.57. The first-order chi connectivity index (χ1) is 8.24. The van der Waals surface area contributed by atoms with Crippen LogP contribution in [-0.4, -0.2) is 28.4 Å². The minimum absolute atomic E-state index is 0.766. The largest absolute Gasteiger partial charge is 0.363 e. The van der Waals surface area contributed by atoms with Gasteiger partial charge in [-0.2, -0.15) is 5.10 Å². The lowest BCUT2D eigenvalue weighted by Gasteiger charge is -2.09. The van der Waals surface area contributed by atoms with Crippen LogP contribution >= 0.6 is 12.2 Å². The molecule has 1 aromatic rings. The number of nitrogens with one attached hydrogen (secondary N) is 3. The van der Waals surface area contributed by atoms with Gasteiger partial charge in [-0.25, -0.2) is 0 Å². The van der Waals surface area contributed by atoms with Gasteiger partial charge in [-0.1, -0.05) is 13.3 Å². The number of hydrogen-bond acceptors (Lipinski definition) is 2. The fraction of sp³-hybridized carbons (Fsp3) is 0.667. The Morgan fingerprint density at radius 1 is 1.35 bits per heavy atom. The SMILES string of the molecule is CCCCNC(=S)NCCCc1cn[nH]c1C. The minimum Gasteiger partial charge on any atom is -0.363 e. The van der Waals surface area contributed by atoms with Crippen LogP contribution in [0.5, 0.6) is 0 Å². The van der Waals surface area contributed by atoms with E-state index in [1.165, 1.54) is 12.0 Å². The lowest BCUT2D eigenvalue weighted by molar-refractivity contribution is 0.721. The Morgan fingerprint density at radius 2 is 2.06 bits per heavy atom. The fourth-order valence-electron chi connectivity index (χ4n) is 1.55. The van der Waals surface area contributed by atoms with Crippen LogP contribution in [-0.2, 0) is 6.42 Å². The summed E-state index contributed by atoms with van der Waals surface area (Å²) in [5, 5.41) is 14.1. The van der Waals surface area contributed by atoms with Crippen molar-refractivity contribution in [2.45, 2.75) is 39.5 Å². The molecule has 0 saturated carbocycles. The zero-order valence-corrected chi connectivity index (χ0v) is 11.5. The van der Waals surface area contributed by atoms with Gasteiger partial charge in [0.2, 0.25) is 0 Å². The number of hydrogen-bond donors (Lipinski definition) is 3. The second-order valence-electron chi connectivity index (χ2n) is 4.16. The molecule has 1 heterocycles. The Bertz CT molecular complexity index is 335. The zero-order valence-electron chi connectivity index (χ0n) is 10.7. The van der Waals surface area contributed by atoms with Gasteiger partial charge in [0.25, 0.3) is 0 Å². The van der Waals surface area contributed by atoms with E-state index in [0.717, 1.165) is 43.2 Å². The highest BCUT2D eigenvalue weighted by Gasteiger charge is 2.00. The summed E-state index contributed by atoms with van der Waals surface area (Å²) in [6.07, 6.45) is 6.35. The average Bonchev–Trinajstić information content (AvgIpc) is 2.71. The van der Waals surface area contributed by atoms with Crippen LogP contribution in [0.4, 0.5) is 0 Å². The molecule has 0 saturated heterocycles. The number of aryl methyl sites for hydroxylation is 2. The molecule has 0 amide bonds. The lowest BCUT2D eigenvalue weighted by Crippen LogP contribution is -2.36. The summed E-state index contributed by atoms with van der Waals surface area (Å²) in [5.74, 6) is 0. The third kappa shape index (κ3) is 5.68. The van der Waals surface area contributed by atoms with Crippen molar-refractivity contribution in [3.05, 3.63) is 17.5 Å². The maximum atomic E-state index is 5.17. The number of rotatable bonds is 7. The van der Waals surface area contributed by atoms with E-state index < -0.39 is 0 Å². The van der Waals surface area contributed by atoms with Gasteiger partial charge < -0.3 is 10.6 Å². The first kappa shape index (κ1) is 14.0.